The molecule has 1 aliphatic heterocycles. The van der Waals surface area contributed by atoms with Gasteiger partial charge in [0.1, 0.15) is 17.7 Å². The minimum Gasteiger partial charge on any atom is -0.480 e. The summed E-state index contributed by atoms with van der Waals surface area (Å²) in [5.41, 5.74) is 2.02. The van der Waals surface area contributed by atoms with Crippen molar-refractivity contribution in [2.24, 2.45) is 0 Å². The van der Waals surface area contributed by atoms with Crippen molar-refractivity contribution in [2.45, 2.75) is 45.6 Å². The number of carbonyl (C=O) groups is 1. The Bertz CT molecular complexity index is 794. The van der Waals surface area contributed by atoms with Gasteiger partial charge >= 0.3 is 5.97 Å². The van der Waals surface area contributed by atoms with Crippen LogP contribution in [0.25, 0.3) is 11.4 Å². The van der Waals surface area contributed by atoms with E-state index < -0.39 is 12.0 Å². The van der Waals surface area contributed by atoms with E-state index in [-0.39, 0.29) is 5.82 Å². The standard InChI is InChI=1S/C19H22FN3O2/c1-3-13-12(2)21-17(14-8-4-5-9-15(14)20)22-18(13)23-11-7-6-10-16(23)19(24)25/h4-5,8-9,16H,3,6-7,10-11H2,1-2H3,(H,24,25). The van der Waals surface area contributed by atoms with Gasteiger partial charge in [-0.15, -0.1) is 0 Å². The number of benzene rings is 1. The van der Waals surface area contributed by atoms with Gasteiger partial charge in [-0.3, -0.25) is 0 Å². The highest BCUT2D eigenvalue weighted by molar-refractivity contribution is 5.78. The Balaban J connectivity index is 2.14. The average molecular weight is 343 g/mol. The molecule has 1 aromatic heterocycles. The van der Waals surface area contributed by atoms with Gasteiger partial charge in [-0.25, -0.2) is 19.2 Å². The van der Waals surface area contributed by atoms with Crippen LogP contribution in [-0.4, -0.2) is 33.6 Å². The number of anilines is 1. The number of carboxylic acids is 1. The lowest BCUT2D eigenvalue weighted by Crippen LogP contribution is -2.45. The predicted octanol–water partition coefficient (Wildman–Crippen LogP) is 3.60. The minimum absolute atomic E-state index is 0.303. The first kappa shape index (κ1) is 17.3. The third-order valence-electron chi connectivity index (χ3n) is 4.72. The number of hydrogen-bond acceptors (Lipinski definition) is 4. The molecule has 25 heavy (non-hydrogen) atoms. The highest BCUT2D eigenvalue weighted by atomic mass is 19.1. The Morgan fingerprint density at radius 2 is 2.08 bits per heavy atom. The molecule has 1 saturated heterocycles. The lowest BCUT2D eigenvalue weighted by Gasteiger charge is -2.35. The summed E-state index contributed by atoms with van der Waals surface area (Å²) >= 11 is 0. The number of aromatic nitrogens is 2. The average Bonchev–Trinajstić information content (AvgIpc) is 2.61. The summed E-state index contributed by atoms with van der Waals surface area (Å²) < 4.78 is 14.2. The number of aryl methyl sites for hydroxylation is 1. The second kappa shape index (κ2) is 7.17. The van der Waals surface area contributed by atoms with Crippen molar-refractivity contribution in [3.63, 3.8) is 0 Å². The summed E-state index contributed by atoms with van der Waals surface area (Å²) in [6.07, 6.45) is 3.10. The molecule has 2 heterocycles. The number of aliphatic carboxylic acids is 1. The van der Waals surface area contributed by atoms with E-state index in [0.29, 0.717) is 36.6 Å². The van der Waals surface area contributed by atoms with Crippen LogP contribution in [0.15, 0.2) is 24.3 Å². The molecule has 0 saturated carbocycles. The zero-order chi connectivity index (χ0) is 18.0. The van der Waals surface area contributed by atoms with Gasteiger partial charge in [-0.05, 0) is 44.7 Å². The summed E-state index contributed by atoms with van der Waals surface area (Å²) in [6, 6.07) is 5.79. The summed E-state index contributed by atoms with van der Waals surface area (Å²) in [5.74, 6) is -0.297. The number of carboxylic acid groups (broad SMARTS) is 1. The molecule has 2 aromatic rings. The molecule has 1 N–H and O–H groups in total. The second-order valence-corrected chi connectivity index (χ2v) is 6.31. The summed E-state index contributed by atoms with van der Waals surface area (Å²) in [7, 11) is 0. The first-order chi connectivity index (χ1) is 12.0. The van der Waals surface area contributed by atoms with Gasteiger partial charge in [0, 0.05) is 17.8 Å². The van der Waals surface area contributed by atoms with Gasteiger partial charge in [0.25, 0.3) is 0 Å². The Hall–Kier alpha value is -2.50. The number of nitrogens with zero attached hydrogens (tertiary/aromatic N) is 3. The van der Waals surface area contributed by atoms with E-state index >= 15 is 0 Å². The topological polar surface area (TPSA) is 66.3 Å². The highest BCUT2D eigenvalue weighted by Crippen LogP contribution is 2.31. The lowest BCUT2D eigenvalue weighted by molar-refractivity contribution is -0.139. The summed E-state index contributed by atoms with van der Waals surface area (Å²) in [6.45, 7) is 4.50. The molecule has 0 spiro atoms. The SMILES string of the molecule is CCc1c(C)nc(-c2ccccc2F)nc1N1CCCCC1C(=O)O. The zero-order valence-corrected chi connectivity index (χ0v) is 14.5. The van der Waals surface area contributed by atoms with E-state index in [1.807, 2.05) is 18.7 Å². The smallest absolute Gasteiger partial charge is 0.326 e. The molecule has 5 nitrogen and oxygen atoms in total. The number of rotatable bonds is 4. The maximum atomic E-state index is 14.2. The van der Waals surface area contributed by atoms with Gasteiger partial charge in [-0.2, -0.15) is 0 Å². The van der Waals surface area contributed by atoms with E-state index in [0.717, 1.165) is 24.1 Å². The van der Waals surface area contributed by atoms with Crippen molar-refractivity contribution in [1.29, 1.82) is 0 Å². The Morgan fingerprint density at radius 3 is 2.76 bits per heavy atom. The normalized spacial score (nSPS) is 17.6. The van der Waals surface area contributed by atoms with Crippen molar-refractivity contribution < 1.29 is 14.3 Å². The first-order valence-electron chi connectivity index (χ1n) is 8.64. The maximum Gasteiger partial charge on any atom is 0.326 e. The van der Waals surface area contributed by atoms with Crippen LogP contribution in [0.3, 0.4) is 0 Å². The van der Waals surface area contributed by atoms with Gasteiger partial charge < -0.3 is 10.0 Å². The molecule has 3 rings (SSSR count). The van der Waals surface area contributed by atoms with Gasteiger partial charge in [-0.1, -0.05) is 19.1 Å². The van der Waals surface area contributed by atoms with Crippen molar-refractivity contribution in [1.82, 2.24) is 9.97 Å². The number of piperidine rings is 1. The van der Waals surface area contributed by atoms with E-state index in [1.54, 1.807) is 18.2 Å². The molecule has 0 amide bonds. The monoisotopic (exact) mass is 343 g/mol. The van der Waals surface area contributed by atoms with Crippen LogP contribution in [0.4, 0.5) is 10.2 Å². The van der Waals surface area contributed by atoms with Crippen molar-refractivity contribution >= 4 is 11.8 Å². The van der Waals surface area contributed by atoms with Crippen LogP contribution in [0, 0.1) is 12.7 Å². The quantitative estimate of drug-likeness (QED) is 0.919. The fourth-order valence-electron chi connectivity index (χ4n) is 3.44. The van der Waals surface area contributed by atoms with Gasteiger partial charge in [0.15, 0.2) is 5.82 Å². The molecule has 1 aliphatic rings. The number of halogens is 1. The third-order valence-corrected chi connectivity index (χ3v) is 4.72. The molecule has 0 radical (unpaired) electrons. The van der Waals surface area contributed by atoms with E-state index in [9.17, 15) is 14.3 Å². The van der Waals surface area contributed by atoms with E-state index in [2.05, 4.69) is 9.97 Å². The van der Waals surface area contributed by atoms with Crippen LogP contribution in [0.1, 0.15) is 37.4 Å². The van der Waals surface area contributed by atoms with Crippen LogP contribution in [-0.2, 0) is 11.2 Å². The van der Waals surface area contributed by atoms with Crippen LogP contribution < -0.4 is 4.90 Å². The number of hydrogen-bond donors (Lipinski definition) is 1. The molecule has 1 unspecified atom stereocenters. The minimum atomic E-state index is -0.842. The molecule has 1 aromatic carbocycles. The van der Waals surface area contributed by atoms with E-state index in [1.165, 1.54) is 6.07 Å². The van der Waals surface area contributed by atoms with Crippen LogP contribution in [0.2, 0.25) is 0 Å². The largest absolute Gasteiger partial charge is 0.480 e. The molecular weight excluding hydrogens is 321 g/mol. The van der Waals surface area contributed by atoms with Crippen molar-refractivity contribution in [3.05, 3.63) is 41.3 Å². The Labute approximate surface area is 146 Å². The molecule has 0 aliphatic carbocycles. The second-order valence-electron chi connectivity index (χ2n) is 6.31. The van der Waals surface area contributed by atoms with Crippen LogP contribution in [0.5, 0.6) is 0 Å². The molecule has 6 heteroatoms. The third kappa shape index (κ3) is 3.34. The fraction of sp³-hybridized carbons (Fsp3) is 0.421. The summed E-state index contributed by atoms with van der Waals surface area (Å²) in [4.78, 5) is 22.6. The Kier molecular flexibility index (Phi) is 4.97. The van der Waals surface area contributed by atoms with Gasteiger partial charge in [0.05, 0.1) is 5.56 Å². The summed E-state index contributed by atoms with van der Waals surface area (Å²) in [5, 5.41) is 9.59. The van der Waals surface area contributed by atoms with E-state index in [4.69, 9.17) is 0 Å². The Morgan fingerprint density at radius 1 is 1.32 bits per heavy atom. The molecule has 0 bridgehead atoms. The maximum absolute atomic E-state index is 14.2. The molecular formula is C19H22FN3O2. The zero-order valence-electron chi connectivity index (χ0n) is 14.5. The molecule has 132 valence electrons. The first-order valence-corrected chi connectivity index (χ1v) is 8.64. The molecule has 1 atom stereocenters. The predicted molar refractivity (Wildman–Crippen MR) is 94.2 cm³/mol. The fourth-order valence-corrected chi connectivity index (χ4v) is 3.44. The van der Waals surface area contributed by atoms with Crippen LogP contribution >= 0.6 is 0 Å². The highest BCUT2D eigenvalue weighted by Gasteiger charge is 2.31. The lowest BCUT2D eigenvalue weighted by atomic mass is 10.0. The van der Waals surface area contributed by atoms with Crippen molar-refractivity contribution in [3.8, 4) is 11.4 Å². The van der Waals surface area contributed by atoms with Crippen molar-refractivity contribution in [2.75, 3.05) is 11.4 Å². The van der Waals surface area contributed by atoms with Gasteiger partial charge in [0.2, 0.25) is 0 Å². The molecule has 1 fully saturated rings.